The minimum absolute atomic E-state index is 0. The second-order valence-corrected chi connectivity index (χ2v) is 4.87. The van der Waals surface area contributed by atoms with Crippen molar-refractivity contribution in [3.63, 3.8) is 0 Å². The average molecular weight is 389 g/mol. The number of benzene rings is 1. The molecule has 0 atom stereocenters. The van der Waals surface area contributed by atoms with Gasteiger partial charge in [0.15, 0.2) is 5.96 Å². The summed E-state index contributed by atoms with van der Waals surface area (Å²) in [5, 5.41) is 6.66. The van der Waals surface area contributed by atoms with Crippen LogP contribution in [0.25, 0.3) is 0 Å². The first kappa shape index (κ1) is 17.1. The monoisotopic (exact) mass is 389 g/mol. The van der Waals surface area contributed by atoms with Crippen molar-refractivity contribution in [3.8, 4) is 5.75 Å². The summed E-state index contributed by atoms with van der Waals surface area (Å²) in [6, 6.07) is 8.03. The number of hydrogen-bond acceptors (Lipinski definition) is 2. The molecule has 0 radical (unpaired) electrons. The zero-order chi connectivity index (χ0) is 13.5. The maximum atomic E-state index is 5.22. The molecule has 0 unspecified atom stereocenters. The summed E-state index contributed by atoms with van der Waals surface area (Å²) in [6.45, 7) is 4.66. The average Bonchev–Trinajstić information content (AvgIpc) is 3.26. The highest BCUT2D eigenvalue weighted by Crippen LogP contribution is 2.27. The van der Waals surface area contributed by atoms with Gasteiger partial charge in [-0.1, -0.05) is 12.1 Å². The maximum Gasteiger partial charge on any atom is 0.191 e. The molecule has 1 aromatic rings. The van der Waals surface area contributed by atoms with Gasteiger partial charge in [-0.3, -0.25) is 0 Å². The molecule has 0 amide bonds. The van der Waals surface area contributed by atoms with Crippen molar-refractivity contribution in [2.75, 3.05) is 20.2 Å². The number of nitrogens with zero attached hydrogens (tertiary/aromatic N) is 1. The fourth-order valence-corrected chi connectivity index (χ4v) is 1.85. The lowest BCUT2D eigenvalue weighted by atomic mass is 10.2. The topological polar surface area (TPSA) is 45.7 Å². The zero-order valence-electron chi connectivity index (χ0n) is 12.2. The highest BCUT2D eigenvalue weighted by Gasteiger charge is 2.20. The third-order valence-electron chi connectivity index (χ3n) is 3.15. The highest BCUT2D eigenvalue weighted by atomic mass is 127. The third-order valence-corrected chi connectivity index (χ3v) is 3.15. The number of aliphatic imine (C=N–C) groups is 1. The molecule has 5 heteroatoms. The number of ether oxygens (including phenoxy) is 1. The summed E-state index contributed by atoms with van der Waals surface area (Å²) < 4.78 is 5.22. The van der Waals surface area contributed by atoms with Crippen molar-refractivity contribution >= 4 is 29.9 Å². The van der Waals surface area contributed by atoms with Crippen LogP contribution in [0, 0.1) is 5.92 Å². The van der Waals surface area contributed by atoms with Crippen LogP contribution in [-0.4, -0.2) is 26.2 Å². The van der Waals surface area contributed by atoms with Crippen LogP contribution in [0.4, 0.5) is 0 Å². The second kappa shape index (κ2) is 9.05. The Morgan fingerprint density at radius 1 is 1.35 bits per heavy atom. The molecule has 2 rings (SSSR count). The summed E-state index contributed by atoms with van der Waals surface area (Å²) in [4.78, 5) is 4.60. The van der Waals surface area contributed by atoms with Crippen LogP contribution in [0.3, 0.4) is 0 Å². The Morgan fingerprint density at radius 2 is 2.15 bits per heavy atom. The van der Waals surface area contributed by atoms with Gasteiger partial charge in [0, 0.05) is 13.1 Å². The number of methoxy groups -OCH3 is 1. The molecule has 1 saturated carbocycles. The number of hydrogen-bond donors (Lipinski definition) is 2. The first-order chi connectivity index (χ1) is 9.31. The molecule has 4 nitrogen and oxygen atoms in total. The fraction of sp³-hybridized carbons (Fsp3) is 0.533. The first-order valence-electron chi connectivity index (χ1n) is 6.97. The Balaban J connectivity index is 0.00000200. The van der Waals surface area contributed by atoms with E-state index in [2.05, 4.69) is 28.6 Å². The molecule has 0 heterocycles. The van der Waals surface area contributed by atoms with Crippen LogP contribution in [0.5, 0.6) is 5.75 Å². The van der Waals surface area contributed by atoms with Gasteiger partial charge in [-0.2, -0.15) is 0 Å². The van der Waals surface area contributed by atoms with Crippen molar-refractivity contribution in [2.45, 2.75) is 26.3 Å². The van der Waals surface area contributed by atoms with Crippen molar-refractivity contribution in [1.29, 1.82) is 0 Å². The van der Waals surface area contributed by atoms with Crippen molar-refractivity contribution in [1.82, 2.24) is 10.6 Å². The predicted molar refractivity (Wildman–Crippen MR) is 94.0 cm³/mol. The summed E-state index contributed by atoms with van der Waals surface area (Å²) in [6.07, 6.45) is 2.70. The van der Waals surface area contributed by atoms with Crippen LogP contribution in [0.2, 0.25) is 0 Å². The Labute approximate surface area is 138 Å². The maximum absolute atomic E-state index is 5.22. The predicted octanol–water partition coefficient (Wildman–Crippen LogP) is 2.78. The normalized spacial score (nSPS) is 14.4. The van der Waals surface area contributed by atoms with Gasteiger partial charge in [-0.05, 0) is 43.4 Å². The SMILES string of the molecule is CCNC(=NCc1cccc(OC)c1)NCC1CC1.I. The van der Waals surface area contributed by atoms with E-state index in [0.717, 1.165) is 36.3 Å². The molecule has 0 aromatic heterocycles. The molecule has 2 N–H and O–H groups in total. The third kappa shape index (κ3) is 5.98. The van der Waals surface area contributed by atoms with Crippen LogP contribution in [-0.2, 0) is 6.54 Å². The minimum atomic E-state index is 0. The zero-order valence-corrected chi connectivity index (χ0v) is 14.5. The van der Waals surface area contributed by atoms with Gasteiger partial charge in [0.05, 0.1) is 13.7 Å². The molecule has 0 spiro atoms. The van der Waals surface area contributed by atoms with Crippen molar-refractivity contribution in [3.05, 3.63) is 29.8 Å². The molecule has 1 aliphatic rings. The molecular weight excluding hydrogens is 365 g/mol. The Morgan fingerprint density at radius 3 is 2.80 bits per heavy atom. The molecule has 1 aliphatic carbocycles. The van der Waals surface area contributed by atoms with Crippen molar-refractivity contribution in [2.24, 2.45) is 10.9 Å². The van der Waals surface area contributed by atoms with E-state index >= 15 is 0 Å². The van der Waals surface area contributed by atoms with E-state index in [1.54, 1.807) is 7.11 Å². The molecule has 1 fully saturated rings. The molecule has 0 saturated heterocycles. The van der Waals surface area contributed by atoms with Crippen LogP contribution in [0.15, 0.2) is 29.3 Å². The quantitative estimate of drug-likeness (QED) is 0.447. The van der Waals surface area contributed by atoms with Gasteiger partial charge >= 0.3 is 0 Å². The molecule has 112 valence electrons. The summed E-state index contributed by atoms with van der Waals surface area (Å²) in [5.41, 5.74) is 1.16. The van der Waals surface area contributed by atoms with Gasteiger partial charge in [-0.25, -0.2) is 4.99 Å². The number of halogens is 1. The van der Waals surface area contributed by atoms with E-state index < -0.39 is 0 Å². The van der Waals surface area contributed by atoms with Gasteiger partial charge < -0.3 is 15.4 Å². The van der Waals surface area contributed by atoms with Crippen LogP contribution in [0.1, 0.15) is 25.3 Å². The van der Waals surface area contributed by atoms with Crippen LogP contribution >= 0.6 is 24.0 Å². The van der Waals surface area contributed by atoms with Gasteiger partial charge in [0.25, 0.3) is 0 Å². The number of nitrogens with one attached hydrogen (secondary N) is 2. The Bertz CT molecular complexity index is 433. The van der Waals surface area contributed by atoms with E-state index in [-0.39, 0.29) is 24.0 Å². The fourth-order valence-electron chi connectivity index (χ4n) is 1.85. The number of guanidine groups is 1. The number of rotatable bonds is 6. The van der Waals surface area contributed by atoms with Crippen molar-refractivity contribution < 1.29 is 4.74 Å². The van der Waals surface area contributed by atoms with E-state index in [1.807, 2.05) is 18.2 Å². The lowest BCUT2D eigenvalue weighted by Gasteiger charge is -2.10. The summed E-state index contributed by atoms with van der Waals surface area (Å²) in [5.74, 6) is 2.63. The molecular formula is C15H24IN3O. The summed E-state index contributed by atoms with van der Waals surface area (Å²) in [7, 11) is 1.68. The van der Waals surface area contributed by atoms with Gasteiger partial charge in [0.2, 0.25) is 0 Å². The smallest absolute Gasteiger partial charge is 0.191 e. The van der Waals surface area contributed by atoms with Gasteiger partial charge in [-0.15, -0.1) is 24.0 Å². The van der Waals surface area contributed by atoms with Gasteiger partial charge in [0.1, 0.15) is 5.75 Å². The van der Waals surface area contributed by atoms with E-state index in [9.17, 15) is 0 Å². The van der Waals surface area contributed by atoms with E-state index in [0.29, 0.717) is 6.54 Å². The largest absolute Gasteiger partial charge is 0.497 e. The Kier molecular flexibility index (Phi) is 7.72. The molecule has 0 bridgehead atoms. The van der Waals surface area contributed by atoms with E-state index in [4.69, 9.17) is 4.74 Å². The van der Waals surface area contributed by atoms with Crippen LogP contribution < -0.4 is 15.4 Å². The molecule has 20 heavy (non-hydrogen) atoms. The lowest BCUT2D eigenvalue weighted by Crippen LogP contribution is -2.38. The lowest BCUT2D eigenvalue weighted by molar-refractivity contribution is 0.414. The highest BCUT2D eigenvalue weighted by molar-refractivity contribution is 14.0. The summed E-state index contributed by atoms with van der Waals surface area (Å²) >= 11 is 0. The standard InChI is InChI=1S/C15H23N3O.HI/c1-3-16-15(17-10-12-7-8-12)18-11-13-5-4-6-14(9-13)19-2;/h4-6,9,12H,3,7-8,10-11H2,1-2H3,(H2,16,17,18);1H. The molecule has 0 aliphatic heterocycles. The second-order valence-electron chi connectivity index (χ2n) is 4.87. The minimum Gasteiger partial charge on any atom is -0.497 e. The molecule has 1 aromatic carbocycles. The first-order valence-corrected chi connectivity index (χ1v) is 6.97. The van der Waals surface area contributed by atoms with E-state index in [1.165, 1.54) is 12.8 Å². The Hall–Kier alpha value is -0.980.